The van der Waals surface area contributed by atoms with Gasteiger partial charge in [0.25, 0.3) is 0 Å². The van der Waals surface area contributed by atoms with E-state index in [4.69, 9.17) is 15.0 Å². The minimum Gasteiger partial charge on any atom is -0.496 e. The van der Waals surface area contributed by atoms with E-state index in [1.807, 2.05) is 12.1 Å². The Labute approximate surface area is 240 Å². The zero-order chi connectivity index (χ0) is 27.7. The lowest BCUT2D eigenvalue weighted by molar-refractivity contribution is -0.116. The van der Waals surface area contributed by atoms with Crippen LogP contribution in [0.4, 0.5) is 10.9 Å². The summed E-state index contributed by atoms with van der Waals surface area (Å²) < 4.78 is 11.9. The highest BCUT2D eigenvalue weighted by Crippen LogP contribution is 2.49. The fourth-order valence-corrected chi connectivity index (χ4v) is 6.69. The molecule has 11 nitrogen and oxygen atoms in total. The van der Waals surface area contributed by atoms with Crippen LogP contribution in [-0.4, -0.2) is 39.9 Å². The Balaban J connectivity index is 1.47. The van der Waals surface area contributed by atoms with Gasteiger partial charge in [-0.05, 0) is 38.0 Å². The Kier molecular flexibility index (Phi) is 7.74. The van der Waals surface area contributed by atoms with Crippen LogP contribution >= 0.6 is 39.0 Å². The maximum absolute atomic E-state index is 13.4. The highest BCUT2D eigenvalue weighted by molar-refractivity contribution is 9.10. The number of nitrogens with two attached hydrogens (primary N) is 1. The van der Waals surface area contributed by atoms with Crippen molar-refractivity contribution in [1.82, 2.24) is 15.4 Å². The summed E-state index contributed by atoms with van der Waals surface area (Å²) in [6.45, 7) is 1.73. The molecule has 0 radical (unpaired) electrons. The summed E-state index contributed by atoms with van der Waals surface area (Å²) in [4.78, 5) is 27.4. The summed E-state index contributed by atoms with van der Waals surface area (Å²) in [5.41, 5.74) is 8.74. The van der Waals surface area contributed by atoms with Crippen LogP contribution in [0, 0.1) is 18.3 Å². The number of Topliss-reactive ketones (excluding diaryl/α,β-unsaturated/α-hetero) is 1. The molecule has 1 aliphatic heterocycles. The number of aryl methyl sites for hydroxylation is 1. The first-order chi connectivity index (χ1) is 18.8. The molecule has 2 aliphatic rings. The van der Waals surface area contributed by atoms with Crippen molar-refractivity contribution in [3.05, 3.63) is 62.7 Å². The third-order valence-corrected chi connectivity index (χ3v) is 8.76. The van der Waals surface area contributed by atoms with Gasteiger partial charge in [0.15, 0.2) is 15.9 Å². The quantitative estimate of drug-likeness (QED) is 0.351. The topological polar surface area (TPSA) is 160 Å². The average molecular weight is 629 g/mol. The number of hydrogen-bond acceptors (Lipinski definition) is 12. The van der Waals surface area contributed by atoms with Crippen LogP contribution in [0.3, 0.4) is 0 Å². The Morgan fingerprint density at radius 3 is 2.92 bits per heavy atom. The Bertz CT molecular complexity index is 1570. The van der Waals surface area contributed by atoms with E-state index < -0.39 is 5.92 Å². The molecule has 0 spiro atoms. The number of benzene rings is 1. The Morgan fingerprint density at radius 1 is 1.38 bits per heavy atom. The second-order valence-electron chi connectivity index (χ2n) is 8.71. The number of carbonyl (C=O) groups excluding carboxylic acids is 2. The standard InChI is InChI=1S/C25H22BrN7O4S2/c1-12-8-19(32-37-12)29-20(35)11-38-25-31-30-24(39-25)33-16-4-3-5-17(34)22(16)21(15(10-27)23(33)28)14-9-13(26)6-7-18(14)36-2/h6-9,21H,3-5,11,28H2,1-2H3,(H,29,32,35). The van der Waals surface area contributed by atoms with Crippen molar-refractivity contribution in [3.63, 3.8) is 0 Å². The molecule has 5 rings (SSSR count). The molecule has 3 N–H and O–H groups in total. The summed E-state index contributed by atoms with van der Waals surface area (Å²) >= 11 is 5.92. The number of ether oxygens (including phenoxy) is 1. The second-order valence-corrected chi connectivity index (χ2v) is 11.8. The third kappa shape index (κ3) is 5.29. The minimum atomic E-state index is -0.674. The number of nitrogens with one attached hydrogen (secondary N) is 1. The maximum Gasteiger partial charge on any atom is 0.236 e. The van der Waals surface area contributed by atoms with Crippen LogP contribution in [-0.2, 0) is 9.59 Å². The summed E-state index contributed by atoms with van der Waals surface area (Å²) in [7, 11) is 1.55. The number of nitriles is 1. The van der Waals surface area contributed by atoms with Crippen LogP contribution in [0.5, 0.6) is 5.75 Å². The molecule has 1 amide bonds. The lowest BCUT2D eigenvalue weighted by atomic mass is 9.75. The van der Waals surface area contributed by atoms with E-state index in [0.717, 1.165) is 4.47 Å². The second kappa shape index (κ2) is 11.2. The lowest BCUT2D eigenvalue weighted by Gasteiger charge is -2.38. The zero-order valence-electron chi connectivity index (χ0n) is 20.9. The van der Waals surface area contributed by atoms with Gasteiger partial charge in [-0.2, -0.15) is 5.26 Å². The predicted octanol–water partition coefficient (Wildman–Crippen LogP) is 4.64. The lowest BCUT2D eigenvalue weighted by Crippen LogP contribution is -2.38. The molecule has 1 atom stereocenters. The van der Waals surface area contributed by atoms with Gasteiger partial charge in [-0.15, -0.1) is 10.2 Å². The highest BCUT2D eigenvalue weighted by Gasteiger charge is 2.42. The fraction of sp³-hybridized carbons (Fsp3) is 0.280. The molecule has 200 valence electrons. The van der Waals surface area contributed by atoms with Crippen LogP contribution in [0.25, 0.3) is 0 Å². The third-order valence-electron chi connectivity index (χ3n) is 6.23. The number of allylic oxidation sites excluding steroid dienone is 3. The van der Waals surface area contributed by atoms with Gasteiger partial charge in [0.05, 0.1) is 30.4 Å². The van der Waals surface area contributed by atoms with Gasteiger partial charge >= 0.3 is 0 Å². The fourth-order valence-electron chi connectivity index (χ4n) is 4.63. The first-order valence-corrected chi connectivity index (χ1v) is 14.4. The summed E-state index contributed by atoms with van der Waals surface area (Å²) in [6.07, 6.45) is 1.60. The number of rotatable bonds is 7. The molecule has 1 aromatic carbocycles. The first-order valence-electron chi connectivity index (χ1n) is 11.8. The summed E-state index contributed by atoms with van der Waals surface area (Å²) in [6, 6.07) is 9.34. The van der Waals surface area contributed by atoms with Crippen LogP contribution in [0.1, 0.15) is 36.5 Å². The molecular weight excluding hydrogens is 606 g/mol. The van der Waals surface area contributed by atoms with Crippen molar-refractivity contribution >= 4 is 61.7 Å². The van der Waals surface area contributed by atoms with E-state index in [1.165, 1.54) is 23.1 Å². The van der Waals surface area contributed by atoms with E-state index in [1.54, 1.807) is 31.1 Å². The van der Waals surface area contributed by atoms with Crippen molar-refractivity contribution in [2.24, 2.45) is 5.73 Å². The van der Waals surface area contributed by atoms with Crippen molar-refractivity contribution < 1.29 is 18.8 Å². The molecular formula is C25H22BrN7O4S2. The smallest absolute Gasteiger partial charge is 0.236 e. The summed E-state index contributed by atoms with van der Waals surface area (Å²) in [5, 5.41) is 25.6. The summed E-state index contributed by atoms with van der Waals surface area (Å²) in [5.74, 6) is 0.741. The molecule has 39 heavy (non-hydrogen) atoms. The number of hydrogen-bond donors (Lipinski definition) is 2. The number of methoxy groups -OCH3 is 1. The van der Waals surface area contributed by atoms with Gasteiger partial charge in [0, 0.05) is 33.8 Å². The minimum absolute atomic E-state index is 0.0487. The molecule has 3 aromatic rings. The maximum atomic E-state index is 13.4. The molecule has 1 unspecified atom stereocenters. The molecule has 0 bridgehead atoms. The molecule has 1 aliphatic carbocycles. The first kappa shape index (κ1) is 26.9. The van der Waals surface area contributed by atoms with Crippen molar-refractivity contribution in [1.29, 1.82) is 5.26 Å². The molecule has 0 fully saturated rings. The number of carbonyl (C=O) groups is 2. The Morgan fingerprint density at radius 2 is 2.21 bits per heavy atom. The number of ketones is 1. The number of anilines is 2. The molecule has 0 saturated heterocycles. The molecule has 0 saturated carbocycles. The van der Waals surface area contributed by atoms with E-state index in [0.29, 0.717) is 62.9 Å². The van der Waals surface area contributed by atoms with Crippen LogP contribution in [0.2, 0.25) is 0 Å². The van der Waals surface area contributed by atoms with Crippen LogP contribution < -0.4 is 20.7 Å². The predicted molar refractivity (Wildman–Crippen MR) is 149 cm³/mol. The van der Waals surface area contributed by atoms with Crippen molar-refractivity contribution in [2.45, 2.75) is 36.4 Å². The highest BCUT2D eigenvalue weighted by atomic mass is 79.9. The van der Waals surface area contributed by atoms with Gasteiger partial charge in [-0.25, -0.2) is 0 Å². The number of thioether (sulfide) groups is 1. The number of amides is 1. The number of aromatic nitrogens is 3. The average Bonchev–Trinajstić information content (AvgIpc) is 3.55. The van der Waals surface area contributed by atoms with Crippen molar-refractivity contribution in [3.8, 4) is 11.8 Å². The van der Waals surface area contributed by atoms with Crippen LogP contribution in [0.15, 0.2) is 60.3 Å². The van der Waals surface area contributed by atoms with E-state index in [2.05, 4.69) is 42.7 Å². The number of halogens is 1. The van der Waals surface area contributed by atoms with Gasteiger partial charge in [0.1, 0.15) is 17.3 Å². The SMILES string of the molecule is COc1ccc(Br)cc1C1C(C#N)=C(N)N(c2nnc(SCC(=O)Nc3cc(C)on3)s2)C2=C1C(=O)CCC2. The molecule has 2 aromatic heterocycles. The largest absolute Gasteiger partial charge is 0.496 e. The van der Waals surface area contributed by atoms with E-state index in [9.17, 15) is 14.9 Å². The Hall–Kier alpha value is -3.67. The van der Waals surface area contributed by atoms with Gasteiger partial charge in [-0.1, -0.05) is 44.2 Å². The van der Waals surface area contributed by atoms with Gasteiger partial charge in [-0.3, -0.25) is 14.5 Å². The van der Waals surface area contributed by atoms with Crippen molar-refractivity contribution in [2.75, 3.05) is 23.1 Å². The zero-order valence-corrected chi connectivity index (χ0v) is 24.1. The number of nitrogens with zero attached hydrogens (tertiary/aromatic N) is 5. The van der Waals surface area contributed by atoms with E-state index >= 15 is 0 Å². The van der Waals surface area contributed by atoms with Gasteiger partial charge < -0.3 is 20.3 Å². The van der Waals surface area contributed by atoms with E-state index in [-0.39, 0.29) is 28.8 Å². The molecule has 3 heterocycles. The molecule has 14 heteroatoms. The normalized spacial score (nSPS) is 17.2. The van der Waals surface area contributed by atoms with Gasteiger partial charge in [0.2, 0.25) is 11.0 Å². The monoisotopic (exact) mass is 627 g/mol.